The molecule has 3 aromatic rings. The molecule has 1 aromatic heterocycles. The van der Waals surface area contributed by atoms with Crippen molar-refractivity contribution in [3.8, 4) is 16.9 Å². The highest BCUT2D eigenvalue weighted by Gasteiger charge is 2.28. The second-order valence-corrected chi connectivity index (χ2v) is 12.3. The van der Waals surface area contributed by atoms with Crippen molar-refractivity contribution >= 4 is 29.4 Å². The summed E-state index contributed by atoms with van der Waals surface area (Å²) in [5.41, 5.74) is 2.31. The van der Waals surface area contributed by atoms with Gasteiger partial charge in [-0.3, -0.25) is 19.3 Å². The summed E-state index contributed by atoms with van der Waals surface area (Å²) in [6.45, 7) is 13.8. The fourth-order valence-corrected chi connectivity index (χ4v) is 5.30. The minimum atomic E-state index is -0.607. The molecule has 4 rings (SSSR count). The van der Waals surface area contributed by atoms with E-state index in [0.29, 0.717) is 18.1 Å². The molecule has 1 unspecified atom stereocenters. The molecule has 1 aliphatic rings. The van der Waals surface area contributed by atoms with E-state index in [9.17, 15) is 14.4 Å². The molecule has 1 atom stereocenters. The van der Waals surface area contributed by atoms with Crippen LogP contribution in [0, 0.1) is 5.92 Å². The molecule has 1 aliphatic heterocycles. The zero-order valence-corrected chi connectivity index (χ0v) is 27.5. The van der Waals surface area contributed by atoms with Crippen molar-refractivity contribution < 1.29 is 23.9 Å². The summed E-state index contributed by atoms with van der Waals surface area (Å²) in [5, 5.41) is 5.78. The van der Waals surface area contributed by atoms with Gasteiger partial charge >= 0.3 is 5.97 Å². The maximum Gasteiger partial charge on any atom is 0.325 e. The van der Waals surface area contributed by atoms with Gasteiger partial charge in [0.05, 0.1) is 5.92 Å². The Morgan fingerprint density at radius 3 is 2.26 bits per heavy atom. The van der Waals surface area contributed by atoms with Gasteiger partial charge < -0.3 is 25.0 Å². The first kappa shape index (κ1) is 34.4. The summed E-state index contributed by atoms with van der Waals surface area (Å²) in [6, 6.07) is 14.6. The lowest BCUT2D eigenvalue weighted by Crippen LogP contribution is -2.45. The average Bonchev–Trinajstić information content (AvgIpc) is 3.05. The smallest absolute Gasteiger partial charge is 0.325 e. The lowest BCUT2D eigenvalue weighted by atomic mass is 9.96. The summed E-state index contributed by atoms with van der Waals surface area (Å²) < 4.78 is 11.2. The molecular weight excluding hydrogens is 584 g/mol. The Hall–Kier alpha value is -4.51. The number of nitrogens with one attached hydrogen (secondary N) is 2. The molecule has 2 aromatic carbocycles. The van der Waals surface area contributed by atoms with Crippen LogP contribution in [-0.2, 0) is 14.3 Å². The summed E-state index contributed by atoms with van der Waals surface area (Å²) >= 11 is 0. The molecule has 0 aliphatic carbocycles. The van der Waals surface area contributed by atoms with E-state index in [1.807, 2.05) is 55.1 Å². The quantitative estimate of drug-likeness (QED) is 0.253. The fraction of sp³-hybridized carbons (Fsp3) is 0.457. The van der Waals surface area contributed by atoms with Gasteiger partial charge in [-0.05, 0) is 96.0 Å². The van der Waals surface area contributed by atoms with E-state index >= 15 is 0 Å². The van der Waals surface area contributed by atoms with Crippen LogP contribution in [0.1, 0.15) is 57.8 Å². The van der Waals surface area contributed by atoms with E-state index in [0.717, 1.165) is 68.1 Å². The maximum atomic E-state index is 12.8. The Bertz CT molecular complexity index is 1430. The Labute approximate surface area is 271 Å². The second-order valence-electron chi connectivity index (χ2n) is 12.3. The van der Waals surface area contributed by atoms with Crippen LogP contribution < -0.4 is 15.4 Å². The second kappa shape index (κ2) is 16.2. The number of likely N-dealkylation sites (tertiary alicyclic amines) is 1. The summed E-state index contributed by atoms with van der Waals surface area (Å²) in [5.74, 6) is 0.727. The van der Waals surface area contributed by atoms with Gasteiger partial charge in [0.2, 0.25) is 11.9 Å². The van der Waals surface area contributed by atoms with Gasteiger partial charge in [0.25, 0.3) is 5.91 Å². The number of carbonyl (C=O) groups excluding carboxylic acids is 3. The highest BCUT2D eigenvalue weighted by atomic mass is 16.6. The Morgan fingerprint density at radius 1 is 0.957 bits per heavy atom. The number of ether oxygens (including phenoxy) is 2. The van der Waals surface area contributed by atoms with Crippen molar-refractivity contribution in [2.45, 2.75) is 53.1 Å². The number of hydrogen-bond acceptors (Lipinski definition) is 9. The van der Waals surface area contributed by atoms with E-state index in [-0.39, 0.29) is 24.3 Å². The predicted octanol–water partition coefficient (Wildman–Crippen LogP) is 4.92. The van der Waals surface area contributed by atoms with E-state index in [2.05, 4.69) is 25.5 Å². The Morgan fingerprint density at radius 2 is 1.63 bits per heavy atom. The minimum Gasteiger partial charge on any atom is -0.492 e. The van der Waals surface area contributed by atoms with Crippen molar-refractivity contribution in [3.05, 3.63) is 66.5 Å². The molecule has 46 heavy (non-hydrogen) atoms. The number of aromatic nitrogens is 2. The number of benzene rings is 2. The van der Waals surface area contributed by atoms with Crippen molar-refractivity contribution in [2.24, 2.45) is 5.92 Å². The van der Waals surface area contributed by atoms with Crippen LogP contribution in [0.15, 0.2) is 60.9 Å². The van der Waals surface area contributed by atoms with Crippen molar-refractivity contribution in [2.75, 3.05) is 51.2 Å². The first-order valence-corrected chi connectivity index (χ1v) is 16.0. The van der Waals surface area contributed by atoms with Gasteiger partial charge in [0.15, 0.2) is 0 Å². The van der Waals surface area contributed by atoms with Gasteiger partial charge in [0, 0.05) is 55.4 Å². The number of hydrogen-bond donors (Lipinski definition) is 2. The molecule has 11 nitrogen and oxygen atoms in total. The molecule has 1 saturated heterocycles. The molecular formula is C35H46N6O5. The van der Waals surface area contributed by atoms with Gasteiger partial charge in [-0.2, -0.15) is 0 Å². The number of piperidine rings is 1. The largest absolute Gasteiger partial charge is 0.492 e. The molecule has 2 N–H and O–H groups in total. The normalized spacial score (nSPS) is 15.1. The summed E-state index contributed by atoms with van der Waals surface area (Å²) in [6.07, 6.45) is 5.42. The monoisotopic (exact) mass is 630 g/mol. The Kier molecular flexibility index (Phi) is 12.1. The molecule has 0 spiro atoms. The lowest BCUT2D eigenvalue weighted by molar-refractivity contribution is -0.153. The highest BCUT2D eigenvalue weighted by molar-refractivity contribution is 5.96. The number of anilines is 2. The first-order valence-electron chi connectivity index (χ1n) is 16.0. The van der Waals surface area contributed by atoms with Crippen LogP contribution in [0.2, 0.25) is 0 Å². The third kappa shape index (κ3) is 10.3. The SMILES string of the molecule is CCN(CC)C(=O)C1CCCN(CCOc2ccc(Nc3ncc(-c4ccc(C(=O)NCC(=O)OC(C)(C)C)cc4)cn3)cc2)C1. The first-order chi connectivity index (χ1) is 22.0. The number of esters is 1. The van der Waals surface area contributed by atoms with E-state index < -0.39 is 11.6 Å². The van der Waals surface area contributed by atoms with Crippen LogP contribution in [0.5, 0.6) is 5.75 Å². The van der Waals surface area contributed by atoms with Crippen LogP contribution in [0.3, 0.4) is 0 Å². The number of amides is 2. The maximum absolute atomic E-state index is 12.8. The van der Waals surface area contributed by atoms with Crippen molar-refractivity contribution in [3.63, 3.8) is 0 Å². The third-order valence-electron chi connectivity index (χ3n) is 7.66. The molecule has 2 amide bonds. The van der Waals surface area contributed by atoms with Gasteiger partial charge in [0.1, 0.15) is 24.5 Å². The number of nitrogens with zero attached hydrogens (tertiary/aromatic N) is 4. The lowest BCUT2D eigenvalue weighted by Gasteiger charge is -2.34. The van der Waals surface area contributed by atoms with E-state index in [1.54, 1.807) is 45.3 Å². The average molecular weight is 631 g/mol. The molecule has 2 heterocycles. The van der Waals surface area contributed by atoms with Crippen LogP contribution in [0.4, 0.5) is 11.6 Å². The summed E-state index contributed by atoms with van der Waals surface area (Å²) in [4.78, 5) is 50.2. The van der Waals surface area contributed by atoms with Crippen LogP contribution in [0.25, 0.3) is 11.1 Å². The number of rotatable bonds is 13. The fourth-order valence-electron chi connectivity index (χ4n) is 5.30. The third-order valence-corrected chi connectivity index (χ3v) is 7.66. The highest BCUT2D eigenvalue weighted by Crippen LogP contribution is 2.22. The minimum absolute atomic E-state index is 0.0764. The molecule has 246 valence electrons. The van der Waals surface area contributed by atoms with Crippen LogP contribution >= 0.6 is 0 Å². The topological polar surface area (TPSA) is 126 Å². The molecule has 1 fully saturated rings. The standard InChI is InChI=1S/C35H46N6O5/c1-6-41(7-2)33(44)27-9-8-18-40(24-27)19-20-45-30-16-14-29(15-17-30)39-34-37-21-28(22-38-34)25-10-12-26(13-11-25)32(43)36-23-31(42)46-35(3,4)5/h10-17,21-22,27H,6-9,18-20,23-24H2,1-5H3,(H,36,43)(H,37,38,39). The van der Waals surface area contributed by atoms with Gasteiger partial charge in [-0.1, -0.05) is 12.1 Å². The van der Waals surface area contributed by atoms with Crippen molar-refractivity contribution in [1.29, 1.82) is 0 Å². The predicted molar refractivity (Wildman–Crippen MR) is 178 cm³/mol. The molecule has 0 bridgehead atoms. The zero-order valence-electron chi connectivity index (χ0n) is 27.5. The Balaban J connectivity index is 1.21. The van der Waals surface area contributed by atoms with Gasteiger partial charge in [-0.15, -0.1) is 0 Å². The zero-order chi connectivity index (χ0) is 33.1. The molecule has 0 radical (unpaired) electrons. The van der Waals surface area contributed by atoms with Gasteiger partial charge in [-0.25, -0.2) is 9.97 Å². The summed E-state index contributed by atoms with van der Waals surface area (Å²) in [7, 11) is 0. The molecule has 0 saturated carbocycles. The van der Waals surface area contributed by atoms with Crippen LogP contribution in [-0.4, -0.2) is 89.0 Å². The van der Waals surface area contributed by atoms with E-state index in [4.69, 9.17) is 9.47 Å². The van der Waals surface area contributed by atoms with E-state index in [1.165, 1.54) is 0 Å². The number of carbonyl (C=O) groups is 3. The molecule has 11 heteroatoms. The van der Waals surface area contributed by atoms with Crippen molar-refractivity contribution in [1.82, 2.24) is 25.1 Å².